The van der Waals surface area contributed by atoms with Gasteiger partial charge in [0.15, 0.2) is 0 Å². The number of halogens is 2. The van der Waals surface area contributed by atoms with E-state index < -0.39 is 0 Å². The van der Waals surface area contributed by atoms with Gasteiger partial charge in [0.1, 0.15) is 0 Å². The van der Waals surface area contributed by atoms with Crippen molar-refractivity contribution < 1.29 is 49.0 Å². The summed E-state index contributed by atoms with van der Waals surface area (Å²) in [6.07, 6.45) is 11.7. The van der Waals surface area contributed by atoms with Crippen LogP contribution < -0.4 is 24.8 Å². The Morgan fingerprint density at radius 2 is 1.21 bits per heavy atom. The van der Waals surface area contributed by atoms with Crippen LogP contribution in [0.3, 0.4) is 0 Å². The van der Waals surface area contributed by atoms with Crippen molar-refractivity contribution in [1.29, 1.82) is 0 Å². The third kappa shape index (κ3) is 10.4. The molecule has 4 aromatic rings. The first-order chi connectivity index (χ1) is 23.8. The van der Waals surface area contributed by atoms with Gasteiger partial charge in [0, 0.05) is 0 Å². The molecule has 0 N–H and O–H groups in total. The molecule has 5 aliphatic carbocycles. The van der Waals surface area contributed by atoms with E-state index in [2.05, 4.69) is 153 Å². The van der Waals surface area contributed by atoms with Crippen LogP contribution in [0.4, 0.5) is 0 Å². The monoisotopic (exact) mass is 824 g/mol. The molecule has 0 radical (unpaired) electrons. The van der Waals surface area contributed by atoms with Crippen LogP contribution in [-0.4, -0.2) is 3.71 Å². The molecule has 0 amide bonds. The second kappa shape index (κ2) is 16.8. The molecule has 4 bridgehead atoms. The Hall–Kier alpha value is -1.66. The van der Waals surface area contributed by atoms with Crippen LogP contribution in [0.2, 0.25) is 0 Å². The first-order valence-electron chi connectivity index (χ1n) is 19.8. The summed E-state index contributed by atoms with van der Waals surface area (Å²) in [4.78, 5) is 0. The van der Waals surface area contributed by atoms with Crippen molar-refractivity contribution in [3.63, 3.8) is 0 Å². The Labute approximate surface area is 351 Å². The van der Waals surface area contributed by atoms with Gasteiger partial charge in [0.05, 0.1) is 0 Å². The van der Waals surface area contributed by atoms with Crippen LogP contribution in [-0.2, 0) is 53.3 Å². The molecule has 53 heavy (non-hydrogen) atoms. The number of fused-ring (bicyclic) bond motifs is 3. The number of aryl methyl sites for hydroxylation is 2. The average molecular weight is 827 g/mol. The van der Waals surface area contributed by atoms with Gasteiger partial charge in [0.25, 0.3) is 0 Å². The van der Waals surface area contributed by atoms with E-state index in [9.17, 15) is 0 Å². The largest absolute Gasteiger partial charge is 1.00 e. The van der Waals surface area contributed by atoms with E-state index in [1.54, 1.807) is 49.7 Å². The SMILES string of the molecule is CC(C)(C)c1c[c-]c2c(c1)-c1cc(C(C)(C)C)ccc1C2.CC(C)(C)c1ccc([CH]=[Zr+2])cc1.Cc1cc(CC23CC4CC(CC(C4)C2)C3)c(C)[cH-]1.[Cl-].[Cl-]. The first-order valence-corrected chi connectivity index (χ1v) is 21.3. The molecule has 0 heterocycles. The predicted molar refractivity (Wildman–Crippen MR) is 217 cm³/mol. The summed E-state index contributed by atoms with van der Waals surface area (Å²) in [5, 5.41) is 0. The van der Waals surface area contributed by atoms with Crippen LogP contribution in [0.25, 0.3) is 11.1 Å². The molecule has 4 saturated carbocycles. The van der Waals surface area contributed by atoms with Gasteiger partial charge in [-0.2, -0.15) is 52.1 Å². The zero-order valence-corrected chi connectivity index (χ0v) is 38.5. The maximum absolute atomic E-state index is 3.53. The average Bonchev–Trinajstić information content (AvgIpc) is 3.56. The fourth-order valence-corrected chi connectivity index (χ4v) is 10.5. The molecule has 284 valence electrons. The van der Waals surface area contributed by atoms with Crippen LogP contribution in [0.5, 0.6) is 0 Å². The fourth-order valence-electron chi connectivity index (χ4n) is 10.0. The molecule has 3 heteroatoms. The maximum Gasteiger partial charge on any atom is -0.0363 e. The summed E-state index contributed by atoms with van der Waals surface area (Å²) in [5.74, 6) is 3.27. The molecular weight excluding hydrogens is 763 g/mol. The van der Waals surface area contributed by atoms with Gasteiger partial charge in [-0.05, 0) is 79.1 Å². The minimum absolute atomic E-state index is 0. The van der Waals surface area contributed by atoms with Crippen molar-refractivity contribution in [3.8, 4) is 11.1 Å². The van der Waals surface area contributed by atoms with E-state index in [0.717, 1.165) is 24.2 Å². The predicted octanol–water partition coefficient (Wildman–Crippen LogP) is 7.12. The van der Waals surface area contributed by atoms with E-state index in [0.29, 0.717) is 5.41 Å². The molecule has 9 rings (SSSR count). The fraction of sp³-hybridized carbons (Fsp3) is 0.520. The standard InChI is InChI=1S/C21H25.C18H25.C11H14.2ClH.Zr/c1-20(2,3)16-9-7-14-11-15-8-10-17(21(4,5)6)13-19(15)18(14)12-16;1-12-3-13(2)17(4-12)11-18-8-14-5-15(9-18)7-16(6-14)10-18;1-9-5-7-10(8-6-9)11(2,3)4;;;/h7,9-10,12-13H,11H2,1-6H3;3-4,14-16H,5-11H2,1-2H3;1,5-8H,2-4H3;2*1H;/q2*-1;;;;+2/p-2. The normalized spacial score (nSPS) is 22.2. The molecule has 0 aromatic heterocycles. The molecule has 4 fully saturated rings. The summed E-state index contributed by atoms with van der Waals surface area (Å²) in [6, 6.07) is 28.7. The Bertz CT molecular complexity index is 1750. The van der Waals surface area contributed by atoms with E-state index in [4.69, 9.17) is 0 Å². The summed E-state index contributed by atoms with van der Waals surface area (Å²) in [5.41, 5.74) is 17.2. The zero-order chi connectivity index (χ0) is 36.9. The molecule has 4 aromatic carbocycles. The molecule has 0 saturated heterocycles. The Kier molecular flexibility index (Phi) is 14.0. The second-order valence-electron chi connectivity index (χ2n) is 20.2. The molecule has 0 nitrogen and oxygen atoms in total. The Morgan fingerprint density at radius 3 is 1.68 bits per heavy atom. The molecule has 5 aliphatic rings. The van der Waals surface area contributed by atoms with Gasteiger partial charge >= 0.3 is 89.5 Å². The van der Waals surface area contributed by atoms with Gasteiger partial charge in [0.2, 0.25) is 0 Å². The Balaban J connectivity index is 0.000000180. The van der Waals surface area contributed by atoms with Crippen LogP contribution >= 0.6 is 0 Å². The van der Waals surface area contributed by atoms with Crippen molar-refractivity contribution in [1.82, 2.24) is 0 Å². The summed E-state index contributed by atoms with van der Waals surface area (Å²) < 4.78 is 2.21. The summed E-state index contributed by atoms with van der Waals surface area (Å²) in [7, 11) is 0. The van der Waals surface area contributed by atoms with Crippen molar-refractivity contribution in [2.24, 2.45) is 23.2 Å². The molecule has 0 spiro atoms. The topological polar surface area (TPSA) is 0 Å². The van der Waals surface area contributed by atoms with E-state index in [1.165, 1.54) is 80.7 Å². The number of hydrogen-bond donors (Lipinski definition) is 0. The van der Waals surface area contributed by atoms with Crippen molar-refractivity contribution in [2.45, 2.75) is 144 Å². The Morgan fingerprint density at radius 1 is 0.698 bits per heavy atom. The van der Waals surface area contributed by atoms with Crippen LogP contribution in [0.15, 0.2) is 66.7 Å². The number of benzene rings is 3. The number of rotatable bonds is 3. The third-order valence-electron chi connectivity index (χ3n) is 12.6. The molecular formula is C50H64Cl2Zr-2. The minimum atomic E-state index is 0. The second-order valence-corrected chi connectivity index (χ2v) is 20.9. The maximum atomic E-state index is 3.53. The minimum Gasteiger partial charge on any atom is -1.00 e. The van der Waals surface area contributed by atoms with E-state index >= 15 is 0 Å². The smallest absolute Gasteiger partial charge is 0.0363 e. The van der Waals surface area contributed by atoms with E-state index in [1.807, 2.05) is 0 Å². The molecule has 0 atom stereocenters. The van der Waals surface area contributed by atoms with Gasteiger partial charge in [-0.3, -0.25) is 0 Å². The summed E-state index contributed by atoms with van der Waals surface area (Å²) >= 11 is 1.46. The van der Waals surface area contributed by atoms with Crippen LogP contribution in [0, 0.1) is 43.1 Å². The van der Waals surface area contributed by atoms with Crippen molar-refractivity contribution in [3.05, 3.63) is 123 Å². The summed E-state index contributed by atoms with van der Waals surface area (Å²) in [6.45, 7) is 24.9. The van der Waals surface area contributed by atoms with Gasteiger partial charge in [-0.25, -0.2) is 6.07 Å². The zero-order valence-electron chi connectivity index (χ0n) is 34.6. The molecule has 0 aliphatic heterocycles. The van der Waals surface area contributed by atoms with Crippen LogP contribution in [0.1, 0.15) is 151 Å². The van der Waals surface area contributed by atoms with Crippen molar-refractivity contribution in [2.75, 3.05) is 0 Å². The first kappa shape index (κ1) is 44.1. The van der Waals surface area contributed by atoms with E-state index in [-0.39, 0.29) is 41.1 Å². The van der Waals surface area contributed by atoms with Gasteiger partial charge in [-0.1, -0.05) is 96.6 Å². The number of hydrogen-bond acceptors (Lipinski definition) is 0. The van der Waals surface area contributed by atoms with Gasteiger partial charge in [-0.15, -0.1) is 5.56 Å². The molecule has 0 unspecified atom stereocenters. The van der Waals surface area contributed by atoms with Crippen molar-refractivity contribution >= 4 is 3.71 Å². The quantitative estimate of drug-likeness (QED) is 0.170. The third-order valence-corrected chi connectivity index (χ3v) is 13.4. The van der Waals surface area contributed by atoms with Gasteiger partial charge < -0.3 is 24.8 Å².